The van der Waals surface area contributed by atoms with Gasteiger partial charge < -0.3 is 10.5 Å². The number of halogens is 1. The van der Waals surface area contributed by atoms with E-state index in [0.29, 0.717) is 0 Å². The van der Waals surface area contributed by atoms with Gasteiger partial charge in [-0.3, -0.25) is 4.79 Å². The molecule has 12 heavy (non-hydrogen) atoms. The summed E-state index contributed by atoms with van der Waals surface area (Å²) in [6, 6.07) is 0.973. The summed E-state index contributed by atoms with van der Waals surface area (Å²) in [7, 11) is 1.27. The third-order valence-corrected chi connectivity index (χ3v) is 1.63. The minimum Gasteiger partial charge on any atom is -0.469 e. The molecule has 0 radical (unpaired) electrons. The van der Waals surface area contributed by atoms with Crippen LogP contribution in [-0.2, 0) is 9.53 Å². The van der Waals surface area contributed by atoms with Crippen molar-refractivity contribution < 1.29 is 9.53 Å². The van der Waals surface area contributed by atoms with E-state index < -0.39 is 17.4 Å². The molecule has 0 aromatic rings. The van der Waals surface area contributed by atoms with Gasteiger partial charge in [0, 0.05) is 0 Å². The topological polar surface area (TPSA) is 76.1 Å². The number of hydrogen-bond acceptors (Lipinski definition) is 4. The van der Waals surface area contributed by atoms with Gasteiger partial charge in [-0.2, -0.15) is 5.26 Å². The maximum absolute atomic E-state index is 11.0. The van der Waals surface area contributed by atoms with Crippen molar-refractivity contribution in [2.75, 3.05) is 7.11 Å². The van der Waals surface area contributed by atoms with E-state index in [4.69, 9.17) is 11.0 Å². The van der Waals surface area contributed by atoms with E-state index in [2.05, 4.69) is 4.74 Å². The number of nitrogens with two attached hydrogens (primary N) is 1. The minimum absolute atomic E-state index is 0. The van der Waals surface area contributed by atoms with Gasteiger partial charge in [-0.1, -0.05) is 0 Å². The summed E-state index contributed by atoms with van der Waals surface area (Å²) in [5.41, 5.74) is 4.44. The fraction of sp³-hybridized carbons (Fsp3) is 0.714. The van der Waals surface area contributed by atoms with E-state index in [-0.39, 0.29) is 12.4 Å². The van der Waals surface area contributed by atoms with Gasteiger partial charge in [0.05, 0.1) is 18.6 Å². The summed E-state index contributed by atoms with van der Waals surface area (Å²) >= 11 is 0. The van der Waals surface area contributed by atoms with E-state index in [9.17, 15) is 4.79 Å². The zero-order valence-corrected chi connectivity index (χ0v) is 8.14. The van der Waals surface area contributed by atoms with E-state index in [1.807, 2.05) is 0 Å². The molecule has 70 valence electrons. The molecule has 0 rings (SSSR count). The van der Waals surface area contributed by atoms with Gasteiger partial charge in [-0.15, -0.1) is 12.4 Å². The molecular formula is C7H13ClN2O2. The van der Waals surface area contributed by atoms with Crippen LogP contribution in [0.3, 0.4) is 0 Å². The molecule has 5 heteroatoms. The van der Waals surface area contributed by atoms with E-state index >= 15 is 0 Å². The van der Waals surface area contributed by atoms with Crippen LogP contribution in [0.4, 0.5) is 0 Å². The average Bonchev–Trinajstić information content (AvgIpc) is 2.01. The fourth-order valence-corrected chi connectivity index (χ4v) is 0.551. The second kappa shape index (κ2) is 4.96. The number of carbonyl (C=O) groups excluding carboxylic acids is 1. The second-order valence-corrected chi connectivity index (χ2v) is 2.82. The molecule has 1 unspecified atom stereocenters. The summed E-state index contributed by atoms with van der Waals surface area (Å²) in [6.07, 6.45) is 0. The molecule has 0 aliphatic carbocycles. The minimum atomic E-state index is -0.927. The van der Waals surface area contributed by atoms with Crippen molar-refractivity contribution in [2.45, 2.75) is 19.9 Å². The van der Waals surface area contributed by atoms with Crippen molar-refractivity contribution in [1.82, 2.24) is 0 Å². The van der Waals surface area contributed by atoms with Crippen molar-refractivity contribution in [2.24, 2.45) is 11.1 Å². The monoisotopic (exact) mass is 192 g/mol. The van der Waals surface area contributed by atoms with Crippen LogP contribution in [0.5, 0.6) is 0 Å². The van der Waals surface area contributed by atoms with Gasteiger partial charge in [0.15, 0.2) is 0 Å². The highest BCUT2D eigenvalue weighted by Crippen LogP contribution is 2.19. The summed E-state index contributed by atoms with van der Waals surface area (Å²) in [4.78, 5) is 11.0. The highest BCUT2D eigenvalue weighted by molar-refractivity contribution is 5.85. The molecule has 0 aliphatic heterocycles. The molecule has 0 bridgehead atoms. The standard InChI is InChI=1S/C7H12N2O2.ClH/c1-7(2,5(9)4-8)6(10)11-3;/h5H,9H2,1-3H3;1H. The normalized spacial score (nSPS) is 12.2. The molecule has 0 saturated carbocycles. The van der Waals surface area contributed by atoms with Crippen molar-refractivity contribution in [1.29, 1.82) is 5.26 Å². The predicted octanol–water partition coefficient (Wildman–Crippen LogP) is 0.458. The molecule has 0 fully saturated rings. The number of esters is 1. The molecular weight excluding hydrogens is 180 g/mol. The Hall–Kier alpha value is -0.790. The average molecular weight is 193 g/mol. The highest BCUT2D eigenvalue weighted by Gasteiger charge is 2.35. The lowest BCUT2D eigenvalue weighted by Gasteiger charge is -2.22. The Morgan fingerprint density at radius 2 is 2.08 bits per heavy atom. The van der Waals surface area contributed by atoms with Crippen molar-refractivity contribution in [3.63, 3.8) is 0 Å². The molecule has 2 N–H and O–H groups in total. The number of ether oxygens (including phenoxy) is 1. The van der Waals surface area contributed by atoms with Crippen molar-refractivity contribution in [3.8, 4) is 6.07 Å². The lowest BCUT2D eigenvalue weighted by atomic mass is 9.86. The molecule has 0 spiro atoms. The summed E-state index contributed by atoms with van der Waals surface area (Å²) in [6.45, 7) is 3.15. The van der Waals surface area contributed by atoms with Crippen LogP contribution in [0, 0.1) is 16.7 Å². The molecule has 4 nitrogen and oxygen atoms in total. The number of methoxy groups -OCH3 is 1. The van der Waals surface area contributed by atoms with Gasteiger partial charge in [0.25, 0.3) is 0 Å². The van der Waals surface area contributed by atoms with Crippen LogP contribution >= 0.6 is 12.4 Å². The van der Waals surface area contributed by atoms with Gasteiger partial charge in [-0.25, -0.2) is 0 Å². The maximum atomic E-state index is 11.0. The first-order chi connectivity index (χ1) is 4.96. The van der Waals surface area contributed by atoms with Crippen molar-refractivity contribution >= 4 is 18.4 Å². The third kappa shape index (κ3) is 2.68. The lowest BCUT2D eigenvalue weighted by molar-refractivity contribution is -0.151. The van der Waals surface area contributed by atoms with Gasteiger partial charge in [0.1, 0.15) is 6.04 Å². The predicted molar refractivity (Wildman–Crippen MR) is 46.6 cm³/mol. The molecule has 0 heterocycles. The second-order valence-electron chi connectivity index (χ2n) is 2.82. The van der Waals surface area contributed by atoms with Crippen LogP contribution in [0.15, 0.2) is 0 Å². The molecule has 0 aromatic carbocycles. The molecule has 0 saturated heterocycles. The SMILES string of the molecule is COC(=O)C(C)(C)C(N)C#N.Cl. The summed E-state index contributed by atoms with van der Waals surface area (Å²) in [5, 5.41) is 8.43. The Morgan fingerprint density at radius 3 is 2.33 bits per heavy atom. The smallest absolute Gasteiger partial charge is 0.313 e. The van der Waals surface area contributed by atoms with Crippen LogP contribution in [-0.4, -0.2) is 19.1 Å². The third-order valence-electron chi connectivity index (χ3n) is 1.63. The van der Waals surface area contributed by atoms with Gasteiger partial charge in [0.2, 0.25) is 0 Å². The van der Waals surface area contributed by atoms with Crippen LogP contribution in [0.1, 0.15) is 13.8 Å². The van der Waals surface area contributed by atoms with Crippen molar-refractivity contribution in [3.05, 3.63) is 0 Å². The quantitative estimate of drug-likeness (QED) is 0.645. The number of nitrogens with zero attached hydrogens (tertiary/aromatic N) is 1. The first-order valence-corrected chi connectivity index (χ1v) is 3.20. The molecule has 0 amide bonds. The van der Waals surface area contributed by atoms with Crippen LogP contribution < -0.4 is 5.73 Å². The number of hydrogen-bond donors (Lipinski definition) is 1. The Bertz CT molecular complexity index is 198. The summed E-state index contributed by atoms with van der Waals surface area (Å²) < 4.78 is 4.47. The largest absolute Gasteiger partial charge is 0.469 e. The number of carbonyl (C=O) groups is 1. The lowest BCUT2D eigenvalue weighted by Crippen LogP contribution is -2.42. The maximum Gasteiger partial charge on any atom is 0.313 e. The number of nitriles is 1. The molecule has 0 aromatic heterocycles. The Balaban J connectivity index is 0. The highest BCUT2D eigenvalue weighted by atomic mass is 35.5. The van der Waals surface area contributed by atoms with Gasteiger partial charge >= 0.3 is 5.97 Å². The van der Waals surface area contributed by atoms with Crippen LogP contribution in [0.25, 0.3) is 0 Å². The van der Waals surface area contributed by atoms with E-state index in [1.165, 1.54) is 7.11 Å². The molecule has 0 aliphatic rings. The van der Waals surface area contributed by atoms with E-state index in [1.54, 1.807) is 19.9 Å². The van der Waals surface area contributed by atoms with Crippen LogP contribution in [0.2, 0.25) is 0 Å². The fourth-order valence-electron chi connectivity index (χ4n) is 0.551. The summed E-state index contributed by atoms with van der Waals surface area (Å²) in [5.74, 6) is -0.466. The Morgan fingerprint density at radius 1 is 1.67 bits per heavy atom. The van der Waals surface area contributed by atoms with Gasteiger partial charge in [-0.05, 0) is 13.8 Å². The Labute approximate surface area is 78.1 Å². The van der Waals surface area contributed by atoms with E-state index in [0.717, 1.165) is 0 Å². The zero-order chi connectivity index (χ0) is 9.07. The zero-order valence-electron chi connectivity index (χ0n) is 7.33. The first kappa shape index (κ1) is 13.8. The molecule has 1 atom stereocenters. The first-order valence-electron chi connectivity index (χ1n) is 3.20. The Kier molecular flexibility index (Phi) is 5.70. The number of rotatable bonds is 2.